The molecule has 0 saturated carbocycles. The Bertz CT molecular complexity index is 530. The van der Waals surface area contributed by atoms with E-state index in [1.807, 2.05) is 17.0 Å². The first kappa shape index (κ1) is 15.1. The molecule has 1 aliphatic heterocycles. The molecule has 0 radical (unpaired) electrons. The quantitative estimate of drug-likeness (QED) is 0.869. The molecule has 0 bridgehead atoms. The van der Waals surface area contributed by atoms with Crippen molar-refractivity contribution in [3.63, 3.8) is 0 Å². The predicted octanol–water partition coefficient (Wildman–Crippen LogP) is 3.47. The van der Waals surface area contributed by atoms with Crippen LogP contribution in [-0.2, 0) is 0 Å². The molecule has 1 aliphatic carbocycles. The van der Waals surface area contributed by atoms with E-state index in [-0.39, 0.29) is 5.91 Å². The predicted molar refractivity (Wildman–Crippen MR) is 88.9 cm³/mol. The van der Waals surface area contributed by atoms with Crippen LogP contribution in [0.5, 0.6) is 0 Å². The fourth-order valence-corrected chi connectivity index (χ4v) is 3.13. The summed E-state index contributed by atoms with van der Waals surface area (Å²) >= 11 is 0. The van der Waals surface area contributed by atoms with E-state index in [4.69, 9.17) is 0 Å². The van der Waals surface area contributed by atoms with E-state index in [1.165, 1.54) is 0 Å². The Morgan fingerprint density at radius 2 is 2.05 bits per heavy atom. The normalized spacial score (nSPS) is 22.6. The maximum Gasteiger partial charge on any atom is 0.255 e. The van der Waals surface area contributed by atoms with Crippen LogP contribution >= 0.6 is 0 Å². The summed E-state index contributed by atoms with van der Waals surface area (Å²) in [4.78, 5) is 18.8. The third-order valence-electron chi connectivity index (χ3n) is 4.70. The van der Waals surface area contributed by atoms with Crippen molar-refractivity contribution in [2.75, 3.05) is 18.4 Å². The molecule has 118 valence electrons. The highest BCUT2D eigenvalue weighted by molar-refractivity contribution is 5.94. The topological polar surface area (TPSA) is 45.2 Å². The monoisotopic (exact) mass is 299 g/mol. The highest BCUT2D eigenvalue weighted by Crippen LogP contribution is 2.19. The lowest BCUT2D eigenvalue weighted by Crippen LogP contribution is -2.37. The van der Waals surface area contributed by atoms with E-state index in [2.05, 4.69) is 29.4 Å². The maximum atomic E-state index is 12.5. The first-order valence-corrected chi connectivity index (χ1v) is 8.39. The van der Waals surface area contributed by atoms with Gasteiger partial charge >= 0.3 is 0 Å². The van der Waals surface area contributed by atoms with Gasteiger partial charge in [0.15, 0.2) is 0 Å². The standard InChI is InChI=1S/C18H25N3O/c1-14-9-11-21(12-10-14)18(22)15-7-8-17(19-13-15)20-16-5-3-2-4-6-16/h2-3,7-8,13-14,16H,4-6,9-12H2,1H3,(H,19,20). The average Bonchev–Trinajstić information content (AvgIpc) is 2.57. The Morgan fingerprint density at radius 1 is 1.23 bits per heavy atom. The second kappa shape index (κ2) is 6.95. The third kappa shape index (κ3) is 3.67. The van der Waals surface area contributed by atoms with Crippen LogP contribution in [0.2, 0.25) is 0 Å². The minimum Gasteiger partial charge on any atom is -0.367 e. The van der Waals surface area contributed by atoms with Gasteiger partial charge in [-0.05, 0) is 50.2 Å². The van der Waals surface area contributed by atoms with Crippen molar-refractivity contribution in [3.05, 3.63) is 36.0 Å². The number of likely N-dealkylation sites (tertiary alicyclic amines) is 1. The fraction of sp³-hybridized carbons (Fsp3) is 0.556. The van der Waals surface area contributed by atoms with Gasteiger partial charge in [0.1, 0.15) is 5.82 Å². The summed E-state index contributed by atoms with van der Waals surface area (Å²) in [6, 6.07) is 4.29. The Hall–Kier alpha value is -1.84. The van der Waals surface area contributed by atoms with Crippen LogP contribution in [-0.4, -0.2) is 34.9 Å². The highest BCUT2D eigenvalue weighted by Gasteiger charge is 2.21. The Morgan fingerprint density at radius 3 is 2.68 bits per heavy atom. The number of allylic oxidation sites excluding steroid dienone is 1. The van der Waals surface area contributed by atoms with Crippen LogP contribution in [0.25, 0.3) is 0 Å². The third-order valence-corrected chi connectivity index (χ3v) is 4.70. The molecule has 1 saturated heterocycles. The SMILES string of the molecule is CC1CCN(C(=O)c2ccc(NC3CC=CCC3)nc2)CC1. The number of aromatic nitrogens is 1. The van der Waals surface area contributed by atoms with Gasteiger partial charge in [-0.3, -0.25) is 4.79 Å². The van der Waals surface area contributed by atoms with Crippen molar-refractivity contribution in [2.45, 2.75) is 45.1 Å². The summed E-state index contributed by atoms with van der Waals surface area (Å²) in [6.07, 6.45) is 11.7. The molecular formula is C18H25N3O. The number of amides is 1. The van der Waals surface area contributed by atoms with Gasteiger partial charge in [0.2, 0.25) is 0 Å². The molecule has 4 nitrogen and oxygen atoms in total. The summed E-state index contributed by atoms with van der Waals surface area (Å²) in [5, 5.41) is 3.45. The number of nitrogens with one attached hydrogen (secondary N) is 1. The summed E-state index contributed by atoms with van der Waals surface area (Å²) in [5.74, 6) is 1.72. The van der Waals surface area contributed by atoms with Gasteiger partial charge in [-0.1, -0.05) is 19.1 Å². The van der Waals surface area contributed by atoms with Crippen molar-refractivity contribution in [1.82, 2.24) is 9.88 Å². The number of pyridine rings is 1. The van der Waals surface area contributed by atoms with E-state index >= 15 is 0 Å². The van der Waals surface area contributed by atoms with Crippen LogP contribution in [0.3, 0.4) is 0 Å². The number of nitrogens with zero attached hydrogens (tertiary/aromatic N) is 2. The molecule has 1 N–H and O–H groups in total. The zero-order valence-electron chi connectivity index (χ0n) is 13.3. The lowest BCUT2D eigenvalue weighted by Gasteiger charge is -2.30. The van der Waals surface area contributed by atoms with Crippen LogP contribution in [0.15, 0.2) is 30.5 Å². The van der Waals surface area contributed by atoms with Crippen LogP contribution in [0.1, 0.15) is 49.4 Å². The Kier molecular flexibility index (Phi) is 4.76. The van der Waals surface area contributed by atoms with Crippen LogP contribution < -0.4 is 5.32 Å². The van der Waals surface area contributed by atoms with Crippen molar-refractivity contribution >= 4 is 11.7 Å². The van der Waals surface area contributed by atoms with Gasteiger partial charge < -0.3 is 10.2 Å². The second-order valence-corrected chi connectivity index (χ2v) is 6.53. The number of hydrogen-bond donors (Lipinski definition) is 1. The van der Waals surface area contributed by atoms with Crippen molar-refractivity contribution in [2.24, 2.45) is 5.92 Å². The number of rotatable bonds is 3. The molecule has 1 aromatic heterocycles. The van der Waals surface area contributed by atoms with E-state index in [0.29, 0.717) is 11.6 Å². The number of carbonyl (C=O) groups is 1. The maximum absolute atomic E-state index is 12.5. The summed E-state index contributed by atoms with van der Waals surface area (Å²) < 4.78 is 0. The largest absolute Gasteiger partial charge is 0.367 e. The smallest absolute Gasteiger partial charge is 0.255 e. The number of carbonyl (C=O) groups excluding carboxylic acids is 1. The lowest BCUT2D eigenvalue weighted by molar-refractivity contribution is 0.0697. The number of hydrogen-bond acceptors (Lipinski definition) is 3. The molecule has 1 unspecified atom stereocenters. The van der Waals surface area contributed by atoms with Gasteiger partial charge in [-0.15, -0.1) is 0 Å². The van der Waals surface area contributed by atoms with Crippen molar-refractivity contribution in [1.29, 1.82) is 0 Å². The van der Waals surface area contributed by atoms with Crippen molar-refractivity contribution < 1.29 is 4.79 Å². The lowest BCUT2D eigenvalue weighted by atomic mass is 9.99. The van der Waals surface area contributed by atoms with Gasteiger partial charge in [0.05, 0.1) is 5.56 Å². The minimum atomic E-state index is 0.117. The fourth-order valence-electron chi connectivity index (χ4n) is 3.13. The highest BCUT2D eigenvalue weighted by atomic mass is 16.2. The first-order chi connectivity index (χ1) is 10.7. The van der Waals surface area contributed by atoms with E-state index in [9.17, 15) is 4.79 Å². The average molecular weight is 299 g/mol. The molecule has 1 amide bonds. The number of anilines is 1. The van der Waals surface area contributed by atoms with E-state index in [1.54, 1.807) is 6.20 Å². The van der Waals surface area contributed by atoms with Crippen LogP contribution in [0.4, 0.5) is 5.82 Å². The van der Waals surface area contributed by atoms with E-state index < -0.39 is 0 Å². The van der Waals surface area contributed by atoms with Crippen LogP contribution in [0, 0.1) is 5.92 Å². The summed E-state index contributed by atoms with van der Waals surface area (Å²) in [5.41, 5.74) is 0.698. The molecule has 4 heteroatoms. The van der Waals surface area contributed by atoms with Crippen molar-refractivity contribution in [3.8, 4) is 0 Å². The summed E-state index contributed by atoms with van der Waals surface area (Å²) in [6.45, 7) is 3.99. The minimum absolute atomic E-state index is 0.117. The molecule has 1 fully saturated rings. The Labute approximate surface area is 132 Å². The molecule has 0 spiro atoms. The van der Waals surface area contributed by atoms with Gasteiger partial charge in [-0.25, -0.2) is 4.98 Å². The molecule has 22 heavy (non-hydrogen) atoms. The van der Waals surface area contributed by atoms with E-state index in [0.717, 1.165) is 56.9 Å². The molecule has 2 aliphatic rings. The van der Waals surface area contributed by atoms with Gasteiger partial charge in [-0.2, -0.15) is 0 Å². The number of piperidine rings is 1. The van der Waals surface area contributed by atoms with Gasteiger partial charge in [0, 0.05) is 25.3 Å². The molecule has 1 aromatic rings. The second-order valence-electron chi connectivity index (χ2n) is 6.53. The molecule has 1 atom stereocenters. The molecule has 3 rings (SSSR count). The molecule has 0 aromatic carbocycles. The Balaban J connectivity index is 1.58. The summed E-state index contributed by atoms with van der Waals surface area (Å²) in [7, 11) is 0. The molecular weight excluding hydrogens is 274 g/mol. The van der Waals surface area contributed by atoms with Gasteiger partial charge in [0.25, 0.3) is 5.91 Å². The molecule has 2 heterocycles. The zero-order chi connectivity index (χ0) is 15.4. The first-order valence-electron chi connectivity index (χ1n) is 8.39. The zero-order valence-corrected chi connectivity index (χ0v) is 13.3.